The molecule has 0 bridgehead atoms. The number of nitro benzene ring substituents is 1. The summed E-state index contributed by atoms with van der Waals surface area (Å²) in [5.41, 5.74) is 0.732. The molecule has 20 heavy (non-hydrogen) atoms. The van der Waals surface area contributed by atoms with Crippen LogP contribution >= 0.6 is 0 Å². The maximum atomic E-state index is 10.8. The van der Waals surface area contributed by atoms with E-state index in [0.29, 0.717) is 18.0 Å². The molecule has 2 unspecified atom stereocenters. The van der Waals surface area contributed by atoms with Gasteiger partial charge in [-0.15, -0.1) is 0 Å². The van der Waals surface area contributed by atoms with Crippen molar-refractivity contribution in [2.45, 2.75) is 25.4 Å². The molecule has 0 heterocycles. The van der Waals surface area contributed by atoms with E-state index in [-0.39, 0.29) is 16.7 Å². The van der Waals surface area contributed by atoms with Crippen molar-refractivity contribution in [3.05, 3.63) is 46.0 Å². The lowest BCUT2D eigenvalue weighted by atomic mass is 10.1. The van der Waals surface area contributed by atoms with Gasteiger partial charge in [0.15, 0.2) is 0 Å². The second kappa shape index (κ2) is 7.17. The third kappa shape index (κ3) is 3.88. The molecular formula is C15H20N2O3. The van der Waals surface area contributed by atoms with Crippen molar-refractivity contribution in [3.63, 3.8) is 0 Å². The lowest BCUT2D eigenvalue weighted by Crippen LogP contribution is -2.27. The zero-order valence-electron chi connectivity index (χ0n) is 11.4. The largest absolute Gasteiger partial charge is 0.393 e. The van der Waals surface area contributed by atoms with Crippen LogP contribution in [0.4, 0.5) is 5.69 Å². The fraction of sp³-hybridized carbons (Fsp3) is 0.467. The second-order valence-corrected chi connectivity index (χ2v) is 5.13. The first-order valence-corrected chi connectivity index (χ1v) is 6.97. The molecule has 0 aliphatic heterocycles. The molecule has 1 saturated carbocycles. The van der Waals surface area contributed by atoms with E-state index < -0.39 is 0 Å². The molecule has 1 fully saturated rings. The van der Waals surface area contributed by atoms with Gasteiger partial charge in [-0.1, -0.05) is 30.7 Å². The molecule has 5 nitrogen and oxygen atoms in total. The van der Waals surface area contributed by atoms with Gasteiger partial charge in [-0.2, -0.15) is 0 Å². The summed E-state index contributed by atoms with van der Waals surface area (Å²) in [6.07, 6.45) is 6.53. The Balaban J connectivity index is 1.80. The van der Waals surface area contributed by atoms with Crippen molar-refractivity contribution < 1.29 is 10.0 Å². The van der Waals surface area contributed by atoms with Gasteiger partial charge >= 0.3 is 0 Å². The van der Waals surface area contributed by atoms with Crippen LogP contribution < -0.4 is 5.32 Å². The molecular weight excluding hydrogens is 256 g/mol. The number of benzene rings is 1. The molecule has 108 valence electrons. The van der Waals surface area contributed by atoms with E-state index in [1.807, 2.05) is 6.08 Å². The Bertz CT molecular complexity index is 488. The number of nitro groups is 1. The van der Waals surface area contributed by atoms with Gasteiger partial charge < -0.3 is 10.4 Å². The molecule has 2 atom stereocenters. The summed E-state index contributed by atoms with van der Waals surface area (Å²) in [5.74, 6) is 0.342. The van der Waals surface area contributed by atoms with Crippen LogP contribution in [0.2, 0.25) is 0 Å². The predicted octanol–water partition coefficient (Wildman–Crippen LogP) is 2.36. The minimum absolute atomic E-state index is 0.120. The first-order valence-electron chi connectivity index (χ1n) is 6.97. The molecule has 5 heteroatoms. The highest BCUT2D eigenvalue weighted by molar-refractivity contribution is 5.60. The van der Waals surface area contributed by atoms with Gasteiger partial charge in [0.25, 0.3) is 5.69 Å². The number of rotatable bonds is 6. The number of nitrogens with one attached hydrogen (secondary N) is 1. The van der Waals surface area contributed by atoms with Crippen LogP contribution in [0.3, 0.4) is 0 Å². The highest BCUT2D eigenvalue weighted by Crippen LogP contribution is 2.24. The quantitative estimate of drug-likeness (QED) is 0.475. The van der Waals surface area contributed by atoms with Crippen molar-refractivity contribution in [1.29, 1.82) is 0 Å². The number of para-hydroxylation sites is 1. The van der Waals surface area contributed by atoms with Crippen molar-refractivity contribution >= 4 is 11.8 Å². The fourth-order valence-electron chi connectivity index (χ4n) is 2.59. The standard InChI is InChI=1S/C15H20N2O3/c18-15-9-3-6-13(15)11-16-10-4-7-12-5-1-2-8-14(12)17(19)20/h1-2,4-5,7-8,13,15-16,18H,3,6,9-11H2/b7-4+. The minimum Gasteiger partial charge on any atom is -0.393 e. The van der Waals surface area contributed by atoms with Gasteiger partial charge in [0.2, 0.25) is 0 Å². The predicted molar refractivity (Wildman–Crippen MR) is 78.3 cm³/mol. The SMILES string of the molecule is O=[N+]([O-])c1ccccc1/C=C/CNCC1CCCC1O. The van der Waals surface area contributed by atoms with Crippen LogP contribution in [0.15, 0.2) is 30.3 Å². The Labute approximate surface area is 118 Å². The lowest BCUT2D eigenvalue weighted by Gasteiger charge is -2.13. The van der Waals surface area contributed by atoms with E-state index in [1.54, 1.807) is 24.3 Å². The van der Waals surface area contributed by atoms with Crippen LogP contribution in [-0.4, -0.2) is 29.2 Å². The second-order valence-electron chi connectivity index (χ2n) is 5.13. The minimum atomic E-state index is -0.373. The van der Waals surface area contributed by atoms with Gasteiger partial charge in [-0.05, 0) is 24.8 Å². The Hall–Kier alpha value is -1.72. The van der Waals surface area contributed by atoms with Crippen LogP contribution in [0.25, 0.3) is 6.08 Å². The molecule has 0 radical (unpaired) electrons. The number of hydrogen-bond acceptors (Lipinski definition) is 4. The molecule has 0 amide bonds. The average molecular weight is 276 g/mol. The van der Waals surface area contributed by atoms with E-state index in [9.17, 15) is 15.2 Å². The number of aliphatic hydroxyl groups excluding tert-OH is 1. The molecule has 0 spiro atoms. The summed E-state index contributed by atoms with van der Waals surface area (Å²) in [7, 11) is 0. The smallest absolute Gasteiger partial charge is 0.276 e. The highest BCUT2D eigenvalue weighted by atomic mass is 16.6. The zero-order chi connectivity index (χ0) is 14.4. The molecule has 0 aromatic heterocycles. The summed E-state index contributed by atoms with van der Waals surface area (Å²) < 4.78 is 0. The van der Waals surface area contributed by atoms with Gasteiger partial charge in [-0.3, -0.25) is 10.1 Å². The average Bonchev–Trinajstić information content (AvgIpc) is 2.84. The summed E-state index contributed by atoms with van der Waals surface area (Å²) in [6, 6.07) is 6.68. The lowest BCUT2D eigenvalue weighted by molar-refractivity contribution is -0.385. The van der Waals surface area contributed by atoms with Gasteiger partial charge in [0.05, 0.1) is 16.6 Å². The molecule has 2 rings (SSSR count). The summed E-state index contributed by atoms with van der Waals surface area (Å²) in [6.45, 7) is 1.44. The Morgan fingerprint density at radius 1 is 1.40 bits per heavy atom. The van der Waals surface area contributed by atoms with Crippen LogP contribution in [0, 0.1) is 16.0 Å². The van der Waals surface area contributed by atoms with Crippen molar-refractivity contribution in [3.8, 4) is 0 Å². The molecule has 0 saturated heterocycles. The fourth-order valence-corrected chi connectivity index (χ4v) is 2.59. The van der Waals surface area contributed by atoms with Crippen molar-refractivity contribution in [2.24, 2.45) is 5.92 Å². The van der Waals surface area contributed by atoms with Gasteiger partial charge in [0.1, 0.15) is 0 Å². The topological polar surface area (TPSA) is 75.4 Å². The third-order valence-corrected chi connectivity index (χ3v) is 3.72. The molecule has 2 N–H and O–H groups in total. The van der Waals surface area contributed by atoms with Crippen LogP contribution in [-0.2, 0) is 0 Å². The summed E-state index contributed by atoms with van der Waals surface area (Å²) >= 11 is 0. The third-order valence-electron chi connectivity index (χ3n) is 3.72. The Morgan fingerprint density at radius 2 is 2.20 bits per heavy atom. The number of aliphatic hydroxyl groups is 1. The highest BCUT2D eigenvalue weighted by Gasteiger charge is 2.24. The maximum Gasteiger partial charge on any atom is 0.276 e. The monoisotopic (exact) mass is 276 g/mol. The molecule has 1 aromatic carbocycles. The van der Waals surface area contributed by atoms with E-state index in [4.69, 9.17) is 0 Å². The van der Waals surface area contributed by atoms with Crippen LogP contribution in [0.1, 0.15) is 24.8 Å². The normalized spacial score (nSPS) is 22.4. The molecule has 1 aliphatic carbocycles. The summed E-state index contributed by atoms with van der Waals surface area (Å²) in [4.78, 5) is 10.5. The van der Waals surface area contributed by atoms with Crippen molar-refractivity contribution in [1.82, 2.24) is 5.32 Å². The first kappa shape index (κ1) is 14.7. The van der Waals surface area contributed by atoms with E-state index in [0.717, 1.165) is 25.8 Å². The summed E-state index contributed by atoms with van der Waals surface area (Å²) in [5, 5.41) is 23.8. The Morgan fingerprint density at radius 3 is 2.90 bits per heavy atom. The Kier molecular flexibility index (Phi) is 5.26. The maximum absolute atomic E-state index is 10.8. The first-order chi connectivity index (χ1) is 9.68. The van der Waals surface area contributed by atoms with E-state index in [2.05, 4.69) is 5.32 Å². The zero-order valence-corrected chi connectivity index (χ0v) is 11.4. The van der Waals surface area contributed by atoms with E-state index >= 15 is 0 Å². The van der Waals surface area contributed by atoms with Gasteiger partial charge in [-0.25, -0.2) is 0 Å². The number of nitrogens with zero attached hydrogens (tertiary/aromatic N) is 1. The number of hydrogen-bond donors (Lipinski definition) is 2. The van der Waals surface area contributed by atoms with Gasteiger partial charge in [0, 0.05) is 19.2 Å². The molecule has 1 aromatic rings. The van der Waals surface area contributed by atoms with E-state index in [1.165, 1.54) is 6.07 Å². The van der Waals surface area contributed by atoms with Crippen LogP contribution in [0.5, 0.6) is 0 Å². The molecule has 1 aliphatic rings. The van der Waals surface area contributed by atoms with Crippen molar-refractivity contribution in [2.75, 3.05) is 13.1 Å².